The number of nitrogens with zero attached hydrogens (tertiary/aromatic N) is 7. The van der Waals surface area contributed by atoms with Crippen molar-refractivity contribution in [3.63, 3.8) is 0 Å². The first-order valence-corrected chi connectivity index (χ1v) is 13.5. The van der Waals surface area contributed by atoms with Gasteiger partial charge in [-0.2, -0.15) is 15.2 Å². The number of hydrogen-bond acceptors (Lipinski definition) is 8. The van der Waals surface area contributed by atoms with Crippen LogP contribution in [0, 0.1) is 11.3 Å². The highest BCUT2D eigenvalue weighted by molar-refractivity contribution is 5.93. The van der Waals surface area contributed by atoms with Gasteiger partial charge in [0.2, 0.25) is 5.91 Å². The van der Waals surface area contributed by atoms with Crippen LogP contribution in [0.3, 0.4) is 0 Å². The third-order valence-electron chi connectivity index (χ3n) is 7.47. The minimum atomic E-state index is -0.394. The SMILES string of the molecule is C=CC(=O)N1CCN(c2nc(OC)nc3c(=O)n(-c4cccc5ccccc45)c(-c4ccccc4)nc23)C[C@@H]1CC#N. The Balaban J connectivity index is 1.61. The number of carbonyl (C=O) groups excluding carboxylic acids is 1. The number of rotatable bonds is 6. The van der Waals surface area contributed by atoms with E-state index < -0.39 is 6.04 Å². The van der Waals surface area contributed by atoms with E-state index in [1.807, 2.05) is 77.7 Å². The first-order chi connectivity index (χ1) is 20.5. The molecule has 0 saturated carbocycles. The van der Waals surface area contributed by atoms with Gasteiger partial charge in [-0.15, -0.1) is 0 Å². The maximum absolute atomic E-state index is 14.5. The number of carbonyl (C=O) groups is 1. The predicted molar refractivity (Wildman–Crippen MR) is 161 cm³/mol. The van der Waals surface area contributed by atoms with Gasteiger partial charge in [0.1, 0.15) is 11.3 Å². The Labute approximate surface area is 241 Å². The summed E-state index contributed by atoms with van der Waals surface area (Å²) in [5.74, 6) is 0.612. The second-order valence-electron chi connectivity index (χ2n) is 9.87. The fraction of sp³-hybridized carbons (Fsp3) is 0.188. The van der Waals surface area contributed by atoms with Crippen LogP contribution in [0.25, 0.3) is 38.9 Å². The summed E-state index contributed by atoms with van der Waals surface area (Å²) in [6.07, 6.45) is 1.39. The highest BCUT2D eigenvalue weighted by Gasteiger charge is 2.32. The number of fused-ring (bicyclic) bond motifs is 2. The fourth-order valence-corrected chi connectivity index (χ4v) is 5.49. The molecule has 0 bridgehead atoms. The molecule has 3 aromatic carbocycles. The van der Waals surface area contributed by atoms with E-state index in [1.54, 1.807) is 9.47 Å². The van der Waals surface area contributed by atoms with Crippen molar-refractivity contribution in [2.24, 2.45) is 0 Å². The van der Waals surface area contributed by atoms with Crippen molar-refractivity contribution in [1.29, 1.82) is 5.26 Å². The molecule has 0 spiro atoms. The summed E-state index contributed by atoms with van der Waals surface area (Å²) >= 11 is 0. The van der Waals surface area contributed by atoms with E-state index in [0.717, 1.165) is 16.3 Å². The van der Waals surface area contributed by atoms with Crippen molar-refractivity contribution in [2.75, 3.05) is 31.6 Å². The van der Waals surface area contributed by atoms with Crippen LogP contribution >= 0.6 is 0 Å². The number of anilines is 1. The maximum atomic E-state index is 14.5. The van der Waals surface area contributed by atoms with Gasteiger partial charge >= 0.3 is 6.01 Å². The summed E-state index contributed by atoms with van der Waals surface area (Å²) in [4.78, 5) is 44.7. The van der Waals surface area contributed by atoms with Gasteiger partial charge in [0.05, 0.1) is 31.3 Å². The van der Waals surface area contributed by atoms with Crippen LogP contribution in [0.4, 0.5) is 5.82 Å². The Kier molecular flexibility index (Phi) is 7.07. The molecule has 0 radical (unpaired) electrons. The van der Waals surface area contributed by atoms with Gasteiger partial charge in [-0.3, -0.25) is 14.2 Å². The lowest BCUT2D eigenvalue weighted by Gasteiger charge is -2.40. The second kappa shape index (κ2) is 11.1. The smallest absolute Gasteiger partial charge is 0.318 e. The summed E-state index contributed by atoms with van der Waals surface area (Å²) < 4.78 is 7.03. The summed E-state index contributed by atoms with van der Waals surface area (Å²) in [5.41, 5.74) is 1.47. The Morgan fingerprint density at radius 1 is 1.02 bits per heavy atom. The van der Waals surface area contributed by atoms with Crippen molar-refractivity contribution in [3.8, 4) is 29.2 Å². The standard InChI is InChI=1S/C32H27N7O3/c1-3-26(40)38-19-18-37(20-23(38)16-17-33)30-27-28(35-32(36-30)42-2)31(41)39(29(34-27)22-11-5-4-6-12-22)25-15-9-13-21-10-7-8-14-24(21)25/h3-15,23H,1,16,18-20H2,2H3/t23-/m0/s1. The molecular weight excluding hydrogens is 530 g/mol. The molecule has 1 amide bonds. The topological polar surface area (TPSA) is 117 Å². The van der Waals surface area contributed by atoms with Gasteiger partial charge in [0.25, 0.3) is 5.56 Å². The molecule has 5 aromatic rings. The van der Waals surface area contributed by atoms with E-state index in [4.69, 9.17) is 9.72 Å². The third-order valence-corrected chi connectivity index (χ3v) is 7.47. The number of hydrogen-bond donors (Lipinski definition) is 0. The normalized spacial score (nSPS) is 15.0. The minimum Gasteiger partial charge on any atom is -0.467 e. The van der Waals surface area contributed by atoms with Gasteiger partial charge in [-0.05, 0) is 17.5 Å². The van der Waals surface area contributed by atoms with Crippen LogP contribution in [0.5, 0.6) is 6.01 Å². The summed E-state index contributed by atoms with van der Waals surface area (Å²) in [6, 6.07) is 25.0. The van der Waals surface area contributed by atoms with Gasteiger partial charge in [-0.25, -0.2) is 4.98 Å². The minimum absolute atomic E-state index is 0.0229. The Morgan fingerprint density at radius 2 is 1.79 bits per heavy atom. The Bertz CT molecular complexity index is 1930. The largest absolute Gasteiger partial charge is 0.467 e. The van der Waals surface area contributed by atoms with Crippen LogP contribution in [-0.2, 0) is 4.79 Å². The predicted octanol–water partition coefficient (Wildman–Crippen LogP) is 4.12. The molecule has 0 aliphatic carbocycles. The average Bonchev–Trinajstić information content (AvgIpc) is 3.04. The van der Waals surface area contributed by atoms with Gasteiger partial charge in [-0.1, -0.05) is 73.3 Å². The molecule has 2 aromatic heterocycles. The van der Waals surface area contributed by atoms with E-state index in [1.165, 1.54) is 13.2 Å². The molecule has 10 nitrogen and oxygen atoms in total. The highest BCUT2D eigenvalue weighted by Crippen LogP contribution is 2.31. The highest BCUT2D eigenvalue weighted by atomic mass is 16.5. The Hall–Kier alpha value is -5.56. The number of methoxy groups -OCH3 is 1. The zero-order chi connectivity index (χ0) is 29.2. The summed E-state index contributed by atoms with van der Waals surface area (Å²) in [7, 11) is 1.44. The molecule has 1 aliphatic heterocycles. The lowest BCUT2D eigenvalue weighted by molar-refractivity contribution is -0.128. The second-order valence-corrected chi connectivity index (χ2v) is 9.87. The van der Waals surface area contributed by atoms with E-state index >= 15 is 0 Å². The molecule has 1 atom stereocenters. The van der Waals surface area contributed by atoms with E-state index in [9.17, 15) is 14.9 Å². The number of ether oxygens (including phenoxy) is 1. The van der Waals surface area contributed by atoms with Crippen LogP contribution in [-0.4, -0.2) is 63.1 Å². The van der Waals surface area contributed by atoms with Crippen LogP contribution < -0.4 is 15.2 Å². The van der Waals surface area contributed by atoms with Crippen LogP contribution in [0.2, 0.25) is 0 Å². The molecule has 3 heterocycles. The molecule has 1 aliphatic rings. The third kappa shape index (κ3) is 4.61. The maximum Gasteiger partial charge on any atom is 0.318 e. The quantitative estimate of drug-likeness (QED) is 0.286. The van der Waals surface area contributed by atoms with Gasteiger partial charge < -0.3 is 14.5 Å². The molecule has 1 fully saturated rings. The van der Waals surface area contributed by atoms with Crippen molar-refractivity contribution in [3.05, 3.63) is 95.8 Å². The van der Waals surface area contributed by atoms with Crippen molar-refractivity contribution >= 4 is 33.5 Å². The molecule has 10 heteroatoms. The molecule has 0 N–H and O–H groups in total. The van der Waals surface area contributed by atoms with Crippen molar-refractivity contribution in [1.82, 2.24) is 24.4 Å². The number of nitriles is 1. The zero-order valence-corrected chi connectivity index (χ0v) is 23.0. The summed E-state index contributed by atoms with van der Waals surface area (Å²) in [5, 5.41) is 11.4. The van der Waals surface area contributed by atoms with E-state index in [2.05, 4.69) is 22.6 Å². The lowest BCUT2D eigenvalue weighted by Crippen LogP contribution is -2.55. The molecule has 0 unspecified atom stereocenters. The van der Waals surface area contributed by atoms with Crippen LogP contribution in [0.1, 0.15) is 6.42 Å². The molecule has 42 heavy (non-hydrogen) atoms. The molecule has 208 valence electrons. The first-order valence-electron chi connectivity index (χ1n) is 13.5. The van der Waals surface area contributed by atoms with Crippen molar-refractivity contribution < 1.29 is 9.53 Å². The molecule has 6 rings (SSSR count). The van der Waals surface area contributed by atoms with Gasteiger partial charge in [0, 0.05) is 30.6 Å². The van der Waals surface area contributed by atoms with Crippen LogP contribution in [0.15, 0.2) is 90.2 Å². The lowest BCUT2D eigenvalue weighted by atomic mass is 10.1. The summed E-state index contributed by atoms with van der Waals surface area (Å²) in [6.45, 7) is 4.68. The Morgan fingerprint density at radius 3 is 2.55 bits per heavy atom. The first kappa shape index (κ1) is 26.7. The average molecular weight is 558 g/mol. The van der Waals surface area contributed by atoms with E-state index in [-0.39, 0.29) is 29.4 Å². The molecule has 1 saturated heterocycles. The zero-order valence-electron chi connectivity index (χ0n) is 23.0. The molecular formula is C32H27N7O3. The van der Waals surface area contributed by atoms with Gasteiger partial charge in [0.15, 0.2) is 11.3 Å². The number of amides is 1. The van der Waals surface area contributed by atoms with Crippen molar-refractivity contribution in [2.45, 2.75) is 12.5 Å². The number of aromatic nitrogens is 4. The fourth-order valence-electron chi connectivity index (χ4n) is 5.49. The number of piperazine rings is 1. The van der Waals surface area contributed by atoms with E-state index in [0.29, 0.717) is 42.5 Å². The number of benzene rings is 3. The monoisotopic (exact) mass is 557 g/mol.